The van der Waals surface area contributed by atoms with E-state index in [1.807, 2.05) is 44.3 Å². The van der Waals surface area contributed by atoms with Gasteiger partial charge in [-0.25, -0.2) is 14.4 Å². The molecular formula is C23H24FN3O. The standard InChI is InChI=1S/C23H24FN3O/c1-5-17-14-25-16(3)26-22(17)19-6-8-20(9-7-19)23(28)27(4)15(2)18-10-12-21(24)13-11-18/h6-15H,5H2,1-4H3/t15-/m1/s1. The molecule has 0 saturated carbocycles. The maximum absolute atomic E-state index is 13.1. The molecule has 0 aliphatic heterocycles. The third-order valence-corrected chi connectivity index (χ3v) is 5.02. The number of rotatable bonds is 5. The van der Waals surface area contributed by atoms with Crippen molar-refractivity contribution in [2.24, 2.45) is 0 Å². The predicted octanol–water partition coefficient (Wildman–Crippen LogP) is 4.99. The average molecular weight is 377 g/mol. The molecular weight excluding hydrogens is 353 g/mol. The fourth-order valence-electron chi connectivity index (χ4n) is 3.12. The number of nitrogens with zero attached hydrogens (tertiary/aromatic N) is 3. The summed E-state index contributed by atoms with van der Waals surface area (Å²) in [4.78, 5) is 23.4. The molecule has 0 unspecified atom stereocenters. The van der Waals surface area contributed by atoms with Gasteiger partial charge in [0, 0.05) is 24.4 Å². The van der Waals surface area contributed by atoms with Crippen molar-refractivity contribution < 1.29 is 9.18 Å². The molecule has 0 spiro atoms. The van der Waals surface area contributed by atoms with Crippen LogP contribution in [0.3, 0.4) is 0 Å². The van der Waals surface area contributed by atoms with Crippen LogP contribution in [0.1, 0.15) is 47.2 Å². The Bertz CT molecular complexity index is 968. The van der Waals surface area contributed by atoms with Crippen LogP contribution < -0.4 is 0 Å². The number of carbonyl (C=O) groups is 1. The van der Waals surface area contributed by atoms with Gasteiger partial charge >= 0.3 is 0 Å². The maximum Gasteiger partial charge on any atom is 0.254 e. The van der Waals surface area contributed by atoms with Gasteiger partial charge < -0.3 is 4.90 Å². The number of benzene rings is 2. The Kier molecular flexibility index (Phi) is 5.83. The van der Waals surface area contributed by atoms with Crippen molar-refractivity contribution in [2.45, 2.75) is 33.2 Å². The van der Waals surface area contributed by atoms with E-state index in [0.717, 1.165) is 34.6 Å². The second-order valence-corrected chi connectivity index (χ2v) is 6.87. The normalized spacial score (nSPS) is 11.9. The van der Waals surface area contributed by atoms with Gasteiger partial charge in [-0.2, -0.15) is 0 Å². The lowest BCUT2D eigenvalue weighted by Gasteiger charge is -2.25. The summed E-state index contributed by atoms with van der Waals surface area (Å²) in [7, 11) is 1.76. The summed E-state index contributed by atoms with van der Waals surface area (Å²) in [6, 6.07) is 13.6. The lowest BCUT2D eigenvalue weighted by atomic mass is 10.0. The number of aryl methyl sites for hydroxylation is 2. The Morgan fingerprint density at radius 1 is 1.11 bits per heavy atom. The number of carbonyl (C=O) groups excluding carboxylic acids is 1. The monoisotopic (exact) mass is 377 g/mol. The van der Waals surface area contributed by atoms with E-state index < -0.39 is 0 Å². The first kappa shape index (κ1) is 19.7. The summed E-state index contributed by atoms with van der Waals surface area (Å²) < 4.78 is 13.1. The van der Waals surface area contributed by atoms with Crippen LogP contribution in [0.5, 0.6) is 0 Å². The second-order valence-electron chi connectivity index (χ2n) is 6.87. The van der Waals surface area contributed by atoms with E-state index >= 15 is 0 Å². The minimum atomic E-state index is -0.285. The molecule has 3 aromatic rings. The van der Waals surface area contributed by atoms with E-state index in [-0.39, 0.29) is 17.8 Å². The number of halogens is 1. The highest BCUT2D eigenvalue weighted by molar-refractivity contribution is 5.94. The summed E-state index contributed by atoms with van der Waals surface area (Å²) in [5.74, 6) is 0.352. The fraction of sp³-hybridized carbons (Fsp3) is 0.261. The van der Waals surface area contributed by atoms with Gasteiger partial charge in [-0.05, 0) is 55.7 Å². The van der Waals surface area contributed by atoms with Crippen molar-refractivity contribution >= 4 is 5.91 Å². The van der Waals surface area contributed by atoms with Crippen LogP contribution in [-0.2, 0) is 6.42 Å². The molecule has 0 aliphatic rings. The van der Waals surface area contributed by atoms with Crippen molar-refractivity contribution in [3.05, 3.63) is 83.1 Å². The van der Waals surface area contributed by atoms with Gasteiger partial charge in [0.15, 0.2) is 0 Å². The van der Waals surface area contributed by atoms with E-state index in [2.05, 4.69) is 16.9 Å². The first-order valence-electron chi connectivity index (χ1n) is 9.36. The molecule has 0 aliphatic carbocycles. The zero-order chi connectivity index (χ0) is 20.3. The summed E-state index contributed by atoms with van der Waals surface area (Å²) in [6.45, 7) is 5.87. The Balaban J connectivity index is 1.82. The second kappa shape index (κ2) is 8.30. The molecule has 1 heterocycles. The highest BCUT2D eigenvalue weighted by Gasteiger charge is 2.19. The first-order chi connectivity index (χ1) is 13.4. The van der Waals surface area contributed by atoms with Crippen LogP contribution in [0.15, 0.2) is 54.7 Å². The van der Waals surface area contributed by atoms with Crippen LogP contribution >= 0.6 is 0 Å². The SMILES string of the molecule is CCc1cnc(C)nc1-c1ccc(C(=O)N(C)[C@H](C)c2ccc(F)cc2)cc1. The Hall–Kier alpha value is -3.08. The molecule has 0 fully saturated rings. The van der Waals surface area contributed by atoms with Crippen molar-refractivity contribution in [1.29, 1.82) is 0 Å². The predicted molar refractivity (Wildman–Crippen MR) is 108 cm³/mol. The van der Waals surface area contributed by atoms with Gasteiger partial charge in [0.2, 0.25) is 0 Å². The van der Waals surface area contributed by atoms with Crippen LogP contribution in [0.25, 0.3) is 11.3 Å². The molecule has 3 rings (SSSR count). The molecule has 4 nitrogen and oxygen atoms in total. The Labute approximate surface area is 165 Å². The van der Waals surface area contributed by atoms with Gasteiger partial charge in [0.05, 0.1) is 11.7 Å². The van der Waals surface area contributed by atoms with Gasteiger partial charge in [-0.15, -0.1) is 0 Å². The average Bonchev–Trinajstić information content (AvgIpc) is 2.73. The largest absolute Gasteiger partial charge is 0.335 e. The molecule has 28 heavy (non-hydrogen) atoms. The van der Waals surface area contributed by atoms with Gasteiger partial charge in [-0.3, -0.25) is 4.79 Å². The molecule has 144 valence electrons. The highest BCUT2D eigenvalue weighted by atomic mass is 19.1. The highest BCUT2D eigenvalue weighted by Crippen LogP contribution is 2.24. The molecule has 1 atom stereocenters. The number of hydrogen-bond donors (Lipinski definition) is 0. The molecule has 0 N–H and O–H groups in total. The van der Waals surface area contributed by atoms with E-state index in [1.165, 1.54) is 12.1 Å². The number of aromatic nitrogens is 2. The number of hydrogen-bond acceptors (Lipinski definition) is 3. The lowest BCUT2D eigenvalue weighted by Crippen LogP contribution is -2.29. The molecule has 1 aromatic heterocycles. The molecule has 5 heteroatoms. The fourth-order valence-corrected chi connectivity index (χ4v) is 3.12. The molecule has 0 saturated heterocycles. The smallest absolute Gasteiger partial charge is 0.254 e. The molecule has 0 bridgehead atoms. The van der Waals surface area contributed by atoms with E-state index in [0.29, 0.717) is 5.56 Å². The first-order valence-corrected chi connectivity index (χ1v) is 9.36. The maximum atomic E-state index is 13.1. The van der Waals surface area contributed by atoms with Crippen LogP contribution in [0.2, 0.25) is 0 Å². The Morgan fingerprint density at radius 2 is 1.75 bits per heavy atom. The van der Waals surface area contributed by atoms with Crippen LogP contribution in [0, 0.1) is 12.7 Å². The van der Waals surface area contributed by atoms with Crippen molar-refractivity contribution in [2.75, 3.05) is 7.05 Å². The minimum Gasteiger partial charge on any atom is -0.335 e. The quantitative estimate of drug-likeness (QED) is 0.629. The third kappa shape index (κ3) is 4.09. The van der Waals surface area contributed by atoms with Gasteiger partial charge in [0.25, 0.3) is 5.91 Å². The van der Waals surface area contributed by atoms with E-state index in [9.17, 15) is 9.18 Å². The summed E-state index contributed by atoms with van der Waals surface area (Å²) >= 11 is 0. The Morgan fingerprint density at radius 3 is 2.36 bits per heavy atom. The number of amides is 1. The summed E-state index contributed by atoms with van der Waals surface area (Å²) in [5.41, 5.74) is 4.43. The zero-order valence-electron chi connectivity index (χ0n) is 16.6. The van der Waals surface area contributed by atoms with Gasteiger partial charge in [-0.1, -0.05) is 31.2 Å². The molecule has 1 amide bonds. The van der Waals surface area contributed by atoms with Crippen LogP contribution in [0.4, 0.5) is 4.39 Å². The van der Waals surface area contributed by atoms with E-state index in [4.69, 9.17) is 0 Å². The van der Waals surface area contributed by atoms with E-state index in [1.54, 1.807) is 24.1 Å². The van der Waals surface area contributed by atoms with Crippen molar-refractivity contribution in [3.8, 4) is 11.3 Å². The lowest BCUT2D eigenvalue weighted by molar-refractivity contribution is 0.0742. The van der Waals surface area contributed by atoms with Crippen LogP contribution in [-0.4, -0.2) is 27.8 Å². The van der Waals surface area contributed by atoms with Crippen molar-refractivity contribution in [1.82, 2.24) is 14.9 Å². The summed E-state index contributed by atoms with van der Waals surface area (Å²) in [6.07, 6.45) is 2.70. The topological polar surface area (TPSA) is 46.1 Å². The molecule has 0 radical (unpaired) electrons. The van der Waals surface area contributed by atoms with Gasteiger partial charge in [0.1, 0.15) is 11.6 Å². The zero-order valence-corrected chi connectivity index (χ0v) is 16.6. The molecule has 2 aromatic carbocycles. The minimum absolute atomic E-state index is 0.0852. The van der Waals surface area contributed by atoms with Crippen molar-refractivity contribution in [3.63, 3.8) is 0 Å². The third-order valence-electron chi connectivity index (χ3n) is 5.02. The summed E-state index contributed by atoms with van der Waals surface area (Å²) in [5, 5.41) is 0.